The molecule has 0 bridgehead atoms. The van der Waals surface area contributed by atoms with Crippen molar-refractivity contribution in [3.05, 3.63) is 11.9 Å². The summed E-state index contributed by atoms with van der Waals surface area (Å²) < 4.78 is 1.76. The van der Waals surface area contributed by atoms with Crippen LogP contribution in [-0.2, 0) is 6.54 Å². The number of aliphatic hydroxyl groups is 1. The molecule has 0 amide bonds. The van der Waals surface area contributed by atoms with Crippen LogP contribution in [-0.4, -0.2) is 20.1 Å². The molecule has 0 unspecified atom stereocenters. The van der Waals surface area contributed by atoms with Crippen molar-refractivity contribution < 1.29 is 5.11 Å². The number of rotatable bonds is 3. The van der Waals surface area contributed by atoms with Gasteiger partial charge in [-0.15, -0.1) is 5.10 Å². The zero-order valence-electron chi connectivity index (χ0n) is 7.73. The molecule has 1 aromatic heterocycles. The molecule has 0 aromatic carbocycles. The highest BCUT2D eigenvalue weighted by molar-refractivity contribution is 4.95. The molecular weight excluding hydrogens is 154 g/mol. The summed E-state index contributed by atoms with van der Waals surface area (Å²) in [6.07, 6.45) is 1.26. The van der Waals surface area contributed by atoms with E-state index in [1.165, 1.54) is 0 Å². The second kappa shape index (κ2) is 3.67. The van der Waals surface area contributed by atoms with Crippen LogP contribution in [0.1, 0.15) is 32.6 Å². The lowest BCUT2D eigenvalue weighted by atomic mass is 10.2. The second-order valence-corrected chi connectivity index (χ2v) is 3.44. The van der Waals surface area contributed by atoms with Gasteiger partial charge >= 0.3 is 0 Å². The van der Waals surface area contributed by atoms with E-state index >= 15 is 0 Å². The van der Waals surface area contributed by atoms with E-state index in [2.05, 4.69) is 24.2 Å². The van der Waals surface area contributed by atoms with E-state index in [1.54, 1.807) is 17.8 Å². The molecule has 0 saturated carbocycles. The molecule has 0 fully saturated rings. The molecule has 1 heterocycles. The first-order chi connectivity index (χ1) is 5.59. The first-order valence-corrected chi connectivity index (χ1v) is 4.17. The molecule has 4 nitrogen and oxygen atoms in total. The van der Waals surface area contributed by atoms with E-state index in [9.17, 15) is 0 Å². The van der Waals surface area contributed by atoms with Crippen molar-refractivity contribution in [3.8, 4) is 0 Å². The standard InChI is InChI=1S/C8H15N3O/c1-6(2)4-11-5-8(7(3)12)9-10-11/h5-7,12H,4H2,1-3H3/t7-/m0/s1. The third-order valence-corrected chi connectivity index (χ3v) is 1.54. The zero-order chi connectivity index (χ0) is 9.14. The van der Waals surface area contributed by atoms with E-state index in [0.717, 1.165) is 6.54 Å². The van der Waals surface area contributed by atoms with Crippen molar-refractivity contribution in [2.45, 2.75) is 33.4 Å². The van der Waals surface area contributed by atoms with Gasteiger partial charge in [0.05, 0.1) is 12.3 Å². The Bertz CT molecular complexity index is 242. The molecule has 1 atom stereocenters. The summed E-state index contributed by atoms with van der Waals surface area (Å²) in [5, 5.41) is 16.9. The molecule has 0 aliphatic carbocycles. The fourth-order valence-electron chi connectivity index (χ4n) is 0.968. The van der Waals surface area contributed by atoms with Crippen LogP contribution in [0.5, 0.6) is 0 Å². The van der Waals surface area contributed by atoms with Crippen LogP contribution < -0.4 is 0 Å². The van der Waals surface area contributed by atoms with Crippen LogP contribution in [0, 0.1) is 5.92 Å². The molecule has 1 aromatic rings. The molecule has 1 N–H and O–H groups in total. The van der Waals surface area contributed by atoms with Crippen LogP contribution in [0.25, 0.3) is 0 Å². The average molecular weight is 169 g/mol. The van der Waals surface area contributed by atoms with E-state index in [1.807, 2.05) is 0 Å². The Morgan fingerprint density at radius 1 is 1.50 bits per heavy atom. The van der Waals surface area contributed by atoms with Crippen LogP contribution in [0.4, 0.5) is 0 Å². The van der Waals surface area contributed by atoms with Gasteiger partial charge in [-0.3, -0.25) is 4.68 Å². The third-order valence-electron chi connectivity index (χ3n) is 1.54. The first-order valence-electron chi connectivity index (χ1n) is 4.17. The van der Waals surface area contributed by atoms with Crippen molar-refractivity contribution >= 4 is 0 Å². The summed E-state index contributed by atoms with van der Waals surface area (Å²) in [6, 6.07) is 0. The van der Waals surface area contributed by atoms with E-state index in [0.29, 0.717) is 11.6 Å². The smallest absolute Gasteiger partial charge is 0.111 e. The van der Waals surface area contributed by atoms with Crippen molar-refractivity contribution in [3.63, 3.8) is 0 Å². The summed E-state index contributed by atoms with van der Waals surface area (Å²) in [4.78, 5) is 0. The molecule has 68 valence electrons. The lowest BCUT2D eigenvalue weighted by Crippen LogP contribution is -2.04. The van der Waals surface area contributed by atoms with Crippen molar-refractivity contribution in [2.75, 3.05) is 0 Å². The minimum absolute atomic E-state index is 0.522. The largest absolute Gasteiger partial charge is 0.387 e. The van der Waals surface area contributed by atoms with E-state index in [-0.39, 0.29) is 0 Å². The van der Waals surface area contributed by atoms with E-state index in [4.69, 9.17) is 5.11 Å². The lowest BCUT2D eigenvalue weighted by Gasteiger charge is -2.02. The molecule has 0 saturated heterocycles. The Balaban J connectivity index is 2.64. The summed E-state index contributed by atoms with van der Waals surface area (Å²) >= 11 is 0. The van der Waals surface area contributed by atoms with Gasteiger partial charge in [0.2, 0.25) is 0 Å². The number of nitrogens with zero attached hydrogens (tertiary/aromatic N) is 3. The molecule has 0 aliphatic rings. The highest BCUT2D eigenvalue weighted by atomic mass is 16.3. The Morgan fingerprint density at radius 2 is 2.17 bits per heavy atom. The lowest BCUT2D eigenvalue weighted by molar-refractivity contribution is 0.194. The fourth-order valence-corrected chi connectivity index (χ4v) is 0.968. The van der Waals surface area contributed by atoms with Gasteiger partial charge in [0.1, 0.15) is 5.69 Å². The van der Waals surface area contributed by atoms with Gasteiger partial charge < -0.3 is 5.11 Å². The first kappa shape index (κ1) is 9.19. The third kappa shape index (κ3) is 2.30. The molecule has 0 aliphatic heterocycles. The fraction of sp³-hybridized carbons (Fsp3) is 0.750. The average Bonchev–Trinajstić information content (AvgIpc) is 2.34. The summed E-state index contributed by atoms with van der Waals surface area (Å²) in [5.74, 6) is 0.550. The van der Waals surface area contributed by atoms with Gasteiger partial charge in [0, 0.05) is 6.54 Å². The summed E-state index contributed by atoms with van der Waals surface area (Å²) in [6.45, 7) is 6.76. The van der Waals surface area contributed by atoms with Crippen molar-refractivity contribution in [2.24, 2.45) is 5.92 Å². The Hall–Kier alpha value is -0.900. The number of hydrogen-bond donors (Lipinski definition) is 1. The van der Waals surface area contributed by atoms with E-state index < -0.39 is 6.10 Å². The maximum Gasteiger partial charge on any atom is 0.111 e. The van der Waals surface area contributed by atoms with Crippen LogP contribution in [0.3, 0.4) is 0 Å². The molecule has 12 heavy (non-hydrogen) atoms. The van der Waals surface area contributed by atoms with Crippen molar-refractivity contribution in [1.29, 1.82) is 0 Å². The van der Waals surface area contributed by atoms with Gasteiger partial charge in [-0.2, -0.15) is 0 Å². The Kier molecular flexibility index (Phi) is 2.81. The van der Waals surface area contributed by atoms with Gasteiger partial charge in [-0.25, -0.2) is 0 Å². The maximum absolute atomic E-state index is 9.16. The second-order valence-electron chi connectivity index (χ2n) is 3.44. The number of aromatic nitrogens is 3. The van der Waals surface area contributed by atoms with Gasteiger partial charge in [-0.1, -0.05) is 19.1 Å². The normalized spacial score (nSPS) is 13.8. The number of hydrogen-bond acceptors (Lipinski definition) is 3. The minimum atomic E-state index is -0.522. The quantitative estimate of drug-likeness (QED) is 0.734. The Labute approximate surface area is 72.2 Å². The zero-order valence-corrected chi connectivity index (χ0v) is 7.73. The van der Waals surface area contributed by atoms with Gasteiger partial charge in [0.15, 0.2) is 0 Å². The molecular formula is C8H15N3O. The molecule has 0 radical (unpaired) electrons. The topological polar surface area (TPSA) is 50.9 Å². The van der Waals surface area contributed by atoms with Crippen molar-refractivity contribution in [1.82, 2.24) is 15.0 Å². The van der Waals surface area contributed by atoms with Crippen LogP contribution >= 0.6 is 0 Å². The summed E-state index contributed by atoms with van der Waals surface area (Å²) in [7, 11) is 0. The maximum atomic E-state index is 9.16. The highest BCUT2D eigenvalue weighted by Crippen LogP contribution is 2.07. The molecule has 1 rings (SSSR count). The molecule has 4 heteroatoms. The SMILES string of the molecule is CC(C)Cn1cc([C@H](C)O)nn1. The van der Waals surface area contributed by atoms with Crippen LogP contribution in [0.2, 0.25) is 0 Å². The minimum Gasteiger partial charge on any atom is -0.387 e. The summed E-state index contributed by atoms with van der Waals surface area (Å²) in [5.41, 5.74) is 0.635. The highest BCUT2D eigenvalue weighted by Gasteiger charge is 2.06. The number of aliphatic hydroxyl groups excluding tert-OH is 1. The van der Waals surface area contributed by atoms with Gasteiger partial charge in [-0.05, 0) is 12.8 Å². The predicted octanol–water partition coefficient (Wildman–Crippen LogP) is 0.987. The molecule has 0 spiro atoms. The van der Waals surface area contributed by atoms with Crippen LogP contribution in [0.15, 0.2) is 6.20 Å². The predicted molar refractivity (Wildman–Crippen MR) is 45.5 cm³/mol. The van der Waals surface area contributed by atoms with Gasteiger partial charge in [0.25, 0.3) is 0 Å². The monoisotopic (exact) mass is 169 g/mol. The Morgan fingerprint density at radius 3 is 2.58 bits per heavy atom.